The molecule has 2 N–H and O–H groups in total. The minimum absolute atomic E-state index is 0.0917. The molecule has 0 aliphatic heterocycles. The molecular weight excluding hydrogens is 320 g/mol. The highest BCUT2D eigenvalue weighted by Gasteiger charge is 2.24. The van der Waals surface area contributed by atoms with E-state index in [0.717, 1.165) is 42.7 Å². The van der Waals surface area contributed by atoms with Crippen LogP contribution in [0.25, 0.3) is 0 Å². The molecule has 0 aromatic heterocycles. The number of hydrogen-bond donors (Lipinski definition) is 2. The van der Waals surface area contributed by atoms with Gasteiger partial charge in [-0.15, -0.1) is 0 Å². The molecule has 2 aromatic rings. The second kappa shape index (κ2) is 7.98. The second-order valence-electron chi connectivity index (χ2n) is 6.31. The first-order valence-corrected chi connectivity index (χ1v) is 8.54. The Balaban J connectivity index is 1.55. The average Bonchev–Trinajstić information content (AvgIpc) is 2.63. The monoisotopic (exact) mass is 342 g/mol. The third-order valence-electron chi connectivity index (χ3n) is 4.43. The van der Waals surface area contributed by atoms with Gasteiger partial charge in [-0.05, 0) is 49.1 Å². The molecule has 132 valence electrons. The molecule has 2 aromatic carbocycles. The lowest BCUT2D eigenvalue weighted by molar-refractivity contribution is -0.384. The zero-order chi connectivity index (χ0) is 17.6. The molecule has 2 atom stereocenters. The van der Waals surface area contributed by atoms with E-state index in [1.807, 2.05) is 30.3 Å². The van der Waals surface area contributed by atoms with Gasteiger partial charge in [0.2, 0.25) is 0 Å². The van der Waals surface area contributed by atoms with Crippen LogP contribution in [0.4, 0.5) is 11.4 Å². The zero-order valence-corrected chi connectivity index (χ0v) is 13.9. The Morgan fingerprint density at radius 3 is 2.64 bits per heavy atom. The van der Waals surface area contributed by atoms with E-state index in [1.165, 1.54) is 6.07 Å². The van der Waals surface area contributed by atoms with Crippen LogP contribution in [-0.2, 0) is 6.54 Å². The van der Waals surface area contributed by atoms with Gasteiger partial charge in [-0.3, -0.25) is 10.1 Å². The number of nitrogens with zero attached hydrogens (tertiary/aromatic N) is 1. The van der Waals surface area contributed by atoms with Gasteiger partial charge in [-0.25, -0.2) is 0 Å². The van der Waals surface area contributed by atoms with Crippen molar-refractivity contribution in [3.05, 3.63) is 64.2 Å². The Kier molecular flexibility index (Phi) is 5.50. The fraction of sp³-hybridized carbons (Fsp3) is 0.368. The third kappa shape index (κ3) is 4.70. The van der Waals surface area contributed by atoms with Crippen LogP contribution in [0.2, 0.25) is 0 Å². The van der Waals surface area contributed by atoms with Crippen molar-refractivity contribution in [2.24, 2.45) is 0 Å². The second-order valence-corrected chi connectivity index (χ2v) is 6.31. The molecule has 6 heteroatoms. The summed E-state index contributed by atoms with van der Waals surface area (Å²) in [4.78, 5) is 10.4. The Morgan fingerprint density at radius 2 is 1.92 bits per heavy atom. The van der Waals surface area contributed by atoms with Crippen LogP contribution in [0.5, 0.6) is 5.75 Å². The normalized spacial score (nSPS) is 20.0. The number of rotatable bonds is 6. The van der Waals surface area contributed by atoms with Crippen molar-refractivity contribution < 1.29 is 14.8 Å². The quantitative estimate of drug-likeness (QED) is 0.614. The van der Waals surface area contributed by atoms with Crippen LogP contribution in [0, 0.1) is 10.1 Å². The molecule has 1 aliphatic carbocycles. The molecular formula is C19H22N2O4. The van der Waals surface area contributed by atoms with Crippen molar-refractivity contribution in [1.82, 2.24) is 0 Å². The molecule has 0 spiro atoms. The molecule has 0 radical (unpaired) electrons. The average molecular weight is 342 g/mol. The Bertz CT molecular complexity index is 718. The van der Waals surface area contributed by atoms with Gasteiger partial charge in [0.1, 0.15) is 11.9 Å². The van der Waals surface area contributed by atoms with E-state index in [4.69, 9.17) is 4.74 Å². The molecule has 6 nitrogen and oxygen atoms in total. The van der Waals surface area contributed by atoms with E-state index in [9.17, 15) is 15.2 Å². The Hall–Kier alpha value is -2.60. The first-order valence-electron chi connectivity index (χ1n) is 8.54. The number of ether oxygens (including phenoxy) is 1. The topological polar surface area (TPSA) is 84.6 Å². The van der Waals surface area contributed by atoms with Gasteiger partial charge in [0.25, 0.3) is 5.69 Å². The molecule has 0 bridgehead atoms. The van der Waals surface area contributed by atoms with E-state index < -0.39 is 4.92 Å². The van der Waals surface area contributed by atoms with E-state index >= 15 is 0 Å². The minimum atomic E-state index is -0.394. The fourth-order valence-corrected chi connectivity index (χ4v) is 3.03. The number of nitro benzene ring substituents is 1. The van der Waals surface area contributed by atoms with Crippen molar-refractivity contribution in [3.8, 4) is 5.75 Å². The van der Waals surface area contributed by atoms with Crippen LogP contribution < -0.4 is 10.1 Å². The van der Waals surface area contributed by atoms with Gasteiger partial charge in [0.05, 0.1) is 11.0 Å². The molecule has 3 rings (SSSR count). The first-order chi connectivity index (χ1) is 12.1. The summed E-state index contributed by atoms with van der Waals surface area (Å²) < 4.78 is 5.87. The number of aliphatic hydroxyl groups is 1. The van der Waals surface area contributed by atoms with Gasteiger partial charge >= 0.3 is 0 Å². The molecule has 0 heterocycles. The summed E-state index contributed by atoms with van der Waals surface area (Å²) in [6.45, 7) is 0.503. The summed E-state index contributed by atoms with van der Waals surface area (Å²) in [6.07, 6.45) is 3.31. The Morgan fingerprint density at radius 1 is 1.16 bits per heavy atom. The van der Waals surface area contributed by atoms with E-state index in [1.54, 1.807) is 12.1 Å². The highest BCUT2D eigenvalue weighted by atomic mass is 16.6. The van der Waals surface area contributed by atoms with E-state index in [2.05, 4.69) is 5.32 Å². The van der Waals surface area contributed by atoms with Crippen LogP contribution >= 0.6 is 0 Å². The van der Waals surface area contributed by atoms with Gasteiger partial charge in [-0.1, -0.05) is 18.6 Å². The van der Waals surface area contributed by atoms with E-state index in [-0.39, 0.29) is 17.9 Å². The molecule has 1 aliphatic rings. The number of nitrogens with one attached hydrogen (secondary N) is 1. The summed E-state index contributed by atoms with van der Waals surface area (Å²) in [5.74, 6) is 0.742. The maximum absolute atomic E-state index is 10.8. The molecule has 0 amide bonds. The number of benzene rings is 2. The summed E-state index contributed by atoms with van der Waals surface area (Å²) in [5.41, 5.74) is 1.84. The van der Waals surface area contributed by atoms with Crippen molar-refractivity contribution in [3.63, 3.8) is 0 Å². The molecule has 1 fully saturated rings. The number of hydrogen-bond acceptors (Lipinski definition) is 5. The zero-order valence-electron chi connectivity index (χ0n) is 13.9. The first kappa shape index (κ1) is 17.2. The molecule has 2 unspecified atom stereocenters. The number of non-ortho nitro benzene ring substituents is 1. The maximum Gasteiger partial charge on any atom is 0.269 e. The predicted octanol–water partition coefficient (Wildman–Crippen LogP) is 3.89. The number of aliphatic hydroxyl groups excluding tert-OH is 1. The van der Waals surface area contributed by atoms with E-state index in [0.29, 0.717) is 6.54 Å². The third-order valence-corrected chi connectivity index (χ3v) is 4.43. The van der Waals surface area contributed by atoms with Crippen molar-refractivity contribution in [2.45, 2.75) is 44.4 Å². The Labute approximate surface area is 146 Å². The summed E-state index contributed by atoms with van der Waals surface area (Å²) in [6, 6.07) is 14.1. The summed E-state index contributed by atoms with van der Waals surface area (Å²) >= 11 is 0. The number of nitro groups is 1. The van der Waals surface area contributed by atoms with Crippen molar-refractivity contribution in [2.75, 3.05) is 5.32 Å². The fourth-order valence-electron chi connectivity index (χ4n) is 3.03. The summed E-state index contributed by atoms with van der Waals surface area (Å²) in [5, 5.41) is 24.0. The highest BCUT2D eigenvalue weighted by molar-refractivity contribution is 5.47. The largest absolute Gasteiger partial charge is 0.488 e. The van der Waals surface area contributed by atoms with Crippen LogP contribution in [0.15, 0.2) is 48.5 Å². The molecule has 1 saturated carbocycles. The predicted molar refractivity (Wildman–Crippen MR) is 95.8 cm³/mol. The van der Waals surface area contributed by atoms with Gasteiger partial charge < -0.3 is 15.2 Å². The van der Waals surface area contributed by atoms with Gasteiger partial charge in [-0.2, -0.15) is 0 Å². The minimum Gasteiger partial charge on any atom is -0.488 e. The van der Waals surface area contributed by atoms with Gasteiger partial charge in [0, 0.05) is 24.4 Å². The molecule has 0 saturated heterocycles. The lowest BCUT2D eigenvalue weighted by atomic mass is 9.95. The standard InChI is InChI=1S/C19H22N2O4/c22-18-6-1-2-7-19(18)25-17-10-8-15(9-11-17)20-13-14-4-3-5-16(12-14)21(23)24/h3-5,8-12,18-20,22H,1-2,6-7,13H2. The SMILES string of the molecule is O=[N+]([O-])c1cccc(CNc2ccc(OC3CCCCC3O)cc2)c1. The summed E-state index contributed by atoms with van der Waals surface area (Å²) in [7, 11) is 0. The smallest absolute Gasteiger partial charge is 0.269 e. The van der Waals surface area contributed by atoms with Gasteiger partial charge in [0.15, 0.2) is 0 Å². The van der Waals surface area contributed by atoms with Crippen LogP contribution in [0.3, 0.4) is 0 Å². The van der Waals surface area contributed by atoms with Crippen LogP contribution in [-0.4, -0.2) is 22.2 Å². The van der Waals surface area contributed by atoms with Crippen LogP contribution in [0.1, 0.15) is 31.2 Å². The number of anilines is 1. The van der Waals surface area contributed by atoms with Crippen molar-refractivity contribution >= 4 is 11.4 Å². The highest BCUT2D eigenvalue weighted by Crippen LogP contribution is 2.25. The molecule has 25 heavy (non-hydrogen) atoms. The van der Waals surface area contributed by atoms with Crippen molar-refractivity contribution in [1.29, 1.82) is 0 Å². The lowest BCUT2D eigenvalue weighted by Gasteiger charge is -2.28. The maximum atomic E-state index is 10.8. The lowest BCUT2D eigenvalue weighted by Crippen LogP contribution is -2.34.